The average Bonchev–Trinajstić information content (AvgIpc) is 2.72. The SMILES string of the molecule is CON(C)S(=O)(=O)c1cc(C(=O)NCCC(=O)NCc2ccccc2)ccc1Cl. The Bertz CT molecular complexity index is 967. The van der Waals surface area contributed by atoms with Gasteiger partial charge in [-0.15, -0.1) is 0 Å². The molecule has 2 aromatic rings. The highest BCUT2D eigenvalue weighted by Crippen LogP contribution is 2.25. The molecule has 0 fully saturated rings. The monoisotopic (exact) mass is 439 g/mol. The normalized spacial score (nSPS) is 11.3. The van der Waals surface area contributed by atoms with E-state index >= 15 is 0 Å². The summed E-state index contributed by atoms with van der Waals surface area (Å²) in [7, 11) is -1.59. The van der Waals surface area contributed by atoms with E-state index in [-0.39, 0.29) is 34.4 Å². The number of carbonyl (C=O) groups excluding carboxylic acids is 2. The first-order chi connectivity index (χ1) is 13.8. The van der Waals surface area contributed by atoms with Crippen molar-refractivity contribution in [2.45, 2.75) is 17.9 Å². The van der Waals surface area contributed by atoms with Crippen molar-refractivity contribution in [1.82, 2.24) is 15.1 Å². The quantitative estimate of drug-likeness (QED) is 0.581. The Kier molecular flexibility index (Phi) is 8.15. The second kappa shape index (κ2) is 10.4. The Morgan fingerprint density at radius 3 is 2.45 bits per heavy atom. The van der Waals surface area contributed by atoms with Crippen molar-refractivity contribution < 1.29 is 22.8 Å². The fourth-order valence-electron chi connectivity index (χ4n) is 2.36. The predicted molar refractivity (Wildman–Crippen MR) is 109 cm³/mol. The fraction of sp³-hybridized carbons (Fsp3) is 0.263. The maximum Gasteiger partial charge on any atom is 0.266 e. The van der Waals surface area contributed by atoms with Crippen LogP contribution < -0.4 is 10.6 Å². The molecule has 0 aliphatic heterocycles. The lowest BCUT2D eigenvalue weighted by Gasteiger charge is -2.15. The van der Waals surface area contributed by atoms with E-state index in [4.69, 9.17) is 16.4 Å². The third kappa shape index (κ3) is 6.26. The molecule has 0 aromatic heterocycles. The molecular weight excluding hydrogens is 418 g/mol. The third-order valence-electron chi connectivity index (χ3n) is 4.04. The highest BCUT2D eigenvalue weighted by molar-refractivity contribution is 7.89. The van der Waals surface area contributed by atoms with Crippen LogP contribution in [0, 0.1) is 0 Å². The Morgan fingerprint density at radius 2 is 1.79 bits per heavy atom. The van der Waals surface area contributed by atoms with Gasteiger partial charge in [0, 0.05) is 32.1 Å². The maximum absolute atomic E-state index is 12.4. The minimum Gasteiger partial charge on any atom is -0.352 e. The molecule has 0 aliphatic rings. The molecule has 156 valence electrons. The Morgan fingerprint density at radius 1 is 1.10 bits per heavy atom. The number of benzene rings is 2. The molecule has 0 radical (unpaired) electrons. The number of carbonyl (C=O) groups is 2. The van der Waals surface area contributed by atoms with Crippen molar-refractivity contribution in [3.63, 3.8) is 0 Å². The number of nitrogens with one attached hydrogen (secondary N) is 2. The van der Waals surface area contributed by atoms with E-state index in [1.807, 2.05) is 30.3 Å². The smallest absolute Gasteiger partial charge is 0.266 e. The van der Waals surface area contributed by atoms with Gasteiger partial charge >= 0.3 is 0 Å². The fourth-order valence-corrected chi connectivity index (χ4v) is 3.83. The molecule has 2 amide bonds. The summed E-state index contributed by atoms with van der Waals surface area (Å²) in [5.74, 6) is -0.732. The lowest BCUT2D eigenvalue weighted by molar-refractivity contribution is -0.121. The van der Waals surface area contributed by atoms with Crippen LogP contribution in [0.25, 0.3) is 0 Å². The van der Waals surface area contributed by atoms with Crippen LogP contribution in [0.1, 0.15) is 22.3 Å². The molecule has 2 N–H and O–H groups in total. The van der Waals surface area contributed by atoms with Gasteiger partial charge < -0.3 is 10.6 Å². The Hall–Kier alpha value is -2.46. The number of nitrogens with zero attached hydrogens (tertiary/aromatic N) is 1. The van der Waals surface area contributed by atoms with Crippen LogP contribution in [0.15, 0.2) is 53.4 Å². The largest absolute Gasteiger partial charge is 0.352 e. The van der Waals surface area contributed by atoms with Crippen molar-refractivity contribution in [2.75, 3.05) is 20.7 Å². The molecule has 0 saturated heterocycles. The van der Waals surface area contributed by atoms with Gasteiger partial charge in [-0.25, -0.2) is 8.42 Å². The summed E-state index contributed by atoms with van der Waals surface area (Å²) in [6.45, 7) is 0.501. The van der Waals surface area contributed by atoms with Crippen LogP contribution in [0.3, 0.4) is 0 Å². The zero-order valence-electron chi connectivity index (χ0n) is 16.0. The van der Waals surface area contributed by atoms with Crippen LogP contribution in [-0.4, -0.2) is 45.4 Å². The lowest BCUT2D eigenvalue weighted by atomic mass is 10.2. The number of rotatable bonds is 9. The number of hydroxylamine groups is 1. The summed E-state index contributed by atoms with van der Waals surface area (Å²) in [6, 6.07) is 13.3. The van der Waals surface area contributed by atoms with E-state index in [9.17, 15) is 18.0 Å². The van der Waals surface area contributed by atoms with E-state index in [2.05, 4.69) is 10.6 Å². The summed E-state index contributed by atoms with van der Waals surface area (Å²) < 4.78 is 25.4. The molecule has 0 bridgehead atoms. The van der Waals surface area contributed by atoms with Gasteiger partial charge in [0.25, 0.3) is 15.9 Å². The van der Waals surface area contributed by atoms with E-state index in [0.29, 0.717) is 11.0 Å². The van der Waals surface area contributed by atoms with Gasteiger partial charge in [0.1, 0.15) is 4.90 Å². The zero-order valence-corrected chi connectivity index (χ0v) is 17.6. The first-order valence-electron chi connectivity index (χ1n) is 8.67. The molecule has 2 aromatic carbocycles. The summed E-state index contributed by atoms with van der Waals surface area (Å²) >= 11 is 5.97. The van der Waals surface area contributed by atoms with Gasteiger partial charge in [-0.2, -0.15) is 0 Å². The molecule has 0 spiro atoms. The molecule has 0 saturated carbocycles. The minimum absolute atomic E-state index is 0.0364. The van der Waals surface area contributed by atoms with Crippen molar-refractivity contribution in [1.29, 1.82) is 0 Å². The topological polar surface area (TPSA) is 105 Å². The van der Waals surface area contributed by atoms with Crippen molar-refractivity contribution in [2.24, 2.45) is 0 Å². The second-order valence-corrected chi connectivity index (χ2v) is 8.32. The molecular formula is C19H22ClN3O5S. The van der Waals surface area contributed by atoms with Crippen molar-refractivity contribution in [3.8, 4) is 0 Å². The highest BCUT2D eigenvalue weighted by atomic mass is 35.5. The Balaban J connectivity index is 1.92. The number of hydrogen-bond acceptors (Lipinski definition) is 5. The summed E-state index contributed by atoms with van der Waals surface area (Å²) in [4.78, 5) is 28.7. The van der Waals surface area contributed by atoms with Crippen molar-refractivity contribution in [3.05, 3.63) is 64.7 Å². The average molecular weight is 440 g/mol. The van der Waals surface area contributed by atoms with Gasteiger partial charge in [-0.05, 0) is 23.8 Å². The predicted octanol–water partition coefficient (Wildman–Crippen LogP) is 1.96. The Labute approximate surface area is 174 Å². The summed E-state index contributed by atoms with van der Waals surface area (Å²) in [5.41, 5.74) is 1.07. The van der Waals surface area contributed by atoms with E-state index in [1.165, 1.54) is 26.3 Å². The van der Waals surface area contributed by atoms with Crippen molar-refractivity contribution >= 4 is 33.4 Å². The molecule has 8 nitrogen and oxygen atoms in total. The van der Waals surface area contributed by atoms with E-state index in [1.54, 1.807) is 0 Å². The number of hydrogen-bond donors (Lipinski definition) is 2. The van der Waals surface area contributed by atoms with Crippen LogP contribution in [-0.2, 0) is 26.2 Å². The van der Waals surface area contributed by atoms with Gasteiger partial charge in [0.05, 0.1) is 12.1 Å². The molecule has 2 rings (SSSR count). The van der Waals surface area contributed by atoms with Gasteiger partial charge in [0.15, 0.2) is 0 Å². The highest BCUT2D eigenvalue weighted by Gasteiger charge is 2.25. The number of halogens is 1. The maximum atomic E-state index is 12.4. The van der Waals surface area contributed by atoms with Crippen LogP contribution >= 0.6 is 11.6 Å². The molecule has 29 heavy (non-hydrogen) atoms. The van der Waals surface area contributed by atoms with Crippen LogP contribution in [0.4, 0.5) is 0 Å². The summed E-state index contributed by atoms with van der Waals surface area (Å²) in [6.07, 6.45) is 0.0870. The lowest BCUT2D eigenvalue weighted by Crippen LogP contribution is -2.31. The van der Waals surface area contributed by atoms with E-state index < -0.39 is 15.9 Å². The third-order valence-corrected chi connectivity index (χ3v) is 6.20. The molecule has 0 aliphatic carbocycles. The van der Waals surface area contributed by atoms with Crippen LogP contribution in [0.5, 0.6) is 0 Å². The van der Waals surface area contributed by atoms with Gasteiger partial charge in [-0.1, -0.05) is 46.4 Å². The van der Waals surface area contributed by atoms with Gasteiger partial charge in [0.2, 0.25) is 5.91 Å². The first kappa shape index (κ1) is 22.8. The van der Waals surface area contributed by atoms with Gasteiger partial charge in [-0.3, -0.25) is 14.4 Å². The molecule has 0 unspecified atom stereocenters. The first-order valence-corrected chi connectivity index (χ1v) is 10.5. The number of amides is 2. The standard InChI is InChI=1S/C19H22ClN3O5S/c1-23(28-2)29(26,27)17-12-15(8-9-16(17)20)19(25)21-11-10-18(24)22-13-14-6-4-3-5-7-14/h3-9,12H,10-11,13H2,1-2H3,(H,21,25)(H,22,24). The summed E-state index contributed by atoms with van der Waals surface area (Å²) in [5, 5.41) is 5.31. The molecule has 0 heterocycles. The molecule has 10 heteroatoms. The minimum atomic E-state index is -4.01. The van der Waals surface area contributed by atoms with Crippen LogP contribution in [0.2, 0.25) is 5.02 Å². The molecule has 0 atom stereocenters. The number of sulfonamides is 1. The zero-order chi connectivity index (χ0) is 21.4. The second-order valence-electron chi connectivity index (χ2n) is 6.01. The van der Waals surface area contributed by atoms with E-state index in [0.717, 1.165) is 11.6 Å².